The number of hydrogen-bond donors (Lipinski definition) is 1. The van der Waals surface area contributed by atoms with Gasteiger partial charge in [0.05, 0.1) is 11.1 Å². The number of esters is 1. The van der Waals surface area contributed by atoms with Crippen molar-refractivity contribution >= 4 is 11.7 Å². The smallest absolute Gasteiger partial charge is 0.341 e. The van der Waals surface area contributed by atoms with Crippen LogP contribution < -0.4 is 5.73 Å². The van der Waals surface area contributed by atoms with Crippen molar-refractivity contribution in [1.82, 2.24) is 0 Å². The lowest BCUT2D eigenvalue weighted by atomic mass is 10.2. The second kappa shape index (κ2) is 5.64. The first-order chi connectivity index (χ1) is 9.49. The van der Waals surface area contributed by atoms with E-state index in [2.05, 4.69) is 0 Å². The molecule has 0 amide bonds. The second-order valence-corrected chi connectivity index (χ2v) is 4.02. The van der Waals surface area contributed by atoms with Crippen LogP contribution in [0, 0.1) is 17.5 Å². The maximum atomic E-state index is 13.5. The molecule has 3 nitrogen and oxygen atoms in total. The SMILES string of the molecule is Nc1ccc(C(=O)OCc2c(F)cccc2F)c(F)c1. The lowest BCUT2D eigenvalue weighted by molar-refractivity contribution is 0.0459. The van der Waals surface area contributed by atoms with Gasteiger partial charge in [-0.15, -0.1) is 0 Å². The molecule has 0 aliphatic rings. The fraction of sp³-hybridized carbons (Fsp3) is 0.0714. The minimum Gasteiger partial charge on any atom is -0.457 e. The van der Waals surface area contributed by atoms with Crippen LogP contribution in [-0.2, 0) is 11.3 Å². The summed E-state index contributed by atoms with van der Waals surface area (Å²) in [7, 11) is 0. The van der Waals surface area contributed by atoms with Gasteiger partial charge < -0.3 is 10.5 Å². The molecule has 0 atom stereocenters. The monoisotopic (exact) mass is 281 g/mol. The maximum absolute atomic E-state index is 13.5. The molecule has 0 aliphatic heterocycles. The zero-order chi connectivity index (χ0) is 14.7. The average Bonchev–Trinajstić information content (AvgIpc) is 2.37. The van der Waals surface area contributed by atoms with E-state index in [1.165, 1.54) is 12.1 Å². The lowest BCUT2D eigenvalue weighted by Crippen LogP contribution is -2.09. The molecule has 0 aliphatic carbocycles. The first kappa shape index (κ1) is 13.9. The lowest BCUT2D eigenvalue weighted by Gasteiger charge is -2.07. The van der Waals surface area contributed by atoms with Crippen LogP contribution in [0.5, 0.6) is 0 Å². The van der Waals surface area contributed by atoms with Crippen molar-refractivity contribution in [1.29, 1.82) is 0 Å². The van der Waals surface area contributed by atoms with E-state index >= 15 is 0 Å². The first-order valence-electron chi connectivity index (χ1n) is 5.64. The highest BCUT2D eigenvalue weighted by molar-refractivity contribution is 5.90. The van der Waals surface area contributed by atoms with E-state index in [0.29, 0.717) is 0 Å². The molecule has 0 unspecified atom stereocenters. The summed E-state index contributed by atoms with van der Waals surface area (Å²) >= 11 is 0. The molecule has 2 rings (SSSR count). The Morgan fingerprint density at radius 2 is 1.70 bits per heavy atom. The molecule has 104 valence electrons. The third kappa shape index (κ3) is 2.90. The van der Waals surface area contributed by atoms with Gasteiger partial charge in [-0.1, -0.05) is 6.07 Å². The molecular weight excluding hydrogens is 271 g/mol. The van der Waals surface area contributed by atoms with Gasteiger partial charge in [0.25, 0.3) is 0 Å². The zero-order valence-corrected chi connectivity index (χ0v) is 10.2. The third-order valence-corrected chi connectivity index (χ3v) is 2.62. The van der Waals surface area contributed by atoms with E-state index in [9.17, 15) is 18.0 Å². The van der Waals surface area contributed by atoms with Gasteiger partial charge in [-0.05, 0) is 30.3 Å². The maximum Gasteiger partial charge on any atom is 0.341 e. The minimum absolute atomic E-state index is 0.152. The highest BCUT2D eigenvalue weighted by atomic mass is 19.1. The van der Waals surface area contributed by atoms with Gasteiger partial charge in [-0.2, -0.15) is 0 Å². The number of rotatable bonds is 3. The van der Waals surface area contributed by atoms with Crippen molar-refractivity contribution in [2.75, 3.05) is 5.73 Å². The van der Waals surface area contributed by atoms with Crippen LogP contribution in [0.1, 0.15) is 15.9 Å². The molecule has 0 saturated heterocycles. The highest BCUT2D eigenvalue weighted by Gasteiger charge is 2.16. The molecule has 20 heavy (non-hydrogen) atoms. The molecular formula is C14H10F3NO2. The zero-order valence-electron chi connectivity index (χ0n) is 10.2. The molecule has 0 bridgehead atoms. The molecule has 0 saturated carbocycles. The van der Waals surface area contributed by atoms with Gasteiger partial charge in [0, 0.05) is 5.69 Å². The quantitative estimate of drug-likeness (QED) is 0.695. The number of carbonyl (C=O) groups excluding carboxylic acids is 1. The molecule has 0 heterocycles. The van der Waals surface area contributed by atoms with Gasteiger partial charge >= 0.3 is 5.97 Å². The topological polar surface area (TPSA) is 52.3 Å². The first-order valence-corrected chi connectivity index (χ1v) is 5.64. The number of nitrogens with two attached hydrogens (primary N) is 1. The van der Waals surface area contributed by atoms with Gasteiger partial charge in [0.15, 0.2) is 0 Å². The number of ether oxygens (including phenoxy) is 1. The van der Waals surface area contributed by atoms with Crippen molar-refractivity contribution in [3.8, 4) is 0 Å². The number of nitrogen functional groups attached to an aromatic ring is 1. The molecule has 2 N–H and O–H groups in total. The van der Waals surface area contributed by atoms with Crippen LogP contribution in [0.2, 0.25) is 0 Å². The predicted octanol–water partition coefficient (Wildman–Crippen LogP) is 3.04. The standard InChI is InChI=1S/C14H10F3NO2/c15-11-2-1-3-12(16)10(11)7-20-14(19)9-5-4-8(18)6-13(9)17/h1-6H,7,18H2. The summed E-state index contributed by atoms with van der Waals surface area (Å²) in [4.78, 5) is 11.6. The summed E-state index contributed by atoms with van der Waals surface area (Å²) in [6.07, 6.45) is 0. The second-order valence-electron chi connectivity index (χ2n) is 4.02. The van der Waals surface area contributed by atoms with Crippen molar-refractivity contribution in [2.24, 2.45) is 0 Å². The molecule has 0 fully saturated rings. The van der Waals surface area contributed by atoms with Crippen LogP contribution in [0.15, 0.2) is 36.4 Å². The van der Waals surface area contributed by atoms with Gasteiger partial charge in [0.1, 0.15) is 24.1 Å². The Hall–Kier alpha value is -2.50. The van der Waals surface area contributed by atoms with E-state index in [0.717, 1.165) is 24.3 Å². The summed E-state index contributed by atoms with van der Waals surface area (Å²) in [5.41, 5.74) is 4.75. The Balaban J connectivity index is 2.13. The summed E-state index contributed by atoms with van der Waals surface area (Å²) in [6, 6.07) is 6.69. The van der Waals surface area contributed by atoms with E-state index in [1.807, 2.05) is 0 Å². The van der Waals surface area contributed by atoms with E-state index in [4.69, 9.17) is 10.5 Å². The Kier molecular flexibility index (Phi) is 3.93. The van der Waals surface area contributed by atoms with Crippen LogP contribution in [-0.4, -0.2) is 5.97 Å². The van der Waals surface area contributed by atoms with Crippen LogP contribution in [0.3, 0.4) is 0 Å². The summed E-state index contributed by atoms with van der Waals surface area (Å²) < 4.78 is 44.8. The molecule has 2 aromatic rings. The highest BCUT2D eigenvalue weighted by Crippen LogP contribution is 2.16. The Bertz CT molecular complexity index is 639. The number of hydrogen-bond acceptors (Lipinski definition) is 3. The minimum atomic E-state index is -1.02. The normalized spacial score (nSPS) is 10.3. The van der Waals surface area contributed by atoms with Crippen molar-refractivity contribution in [3.05, 3.63) is 65.0 Å². The van der Waals surface area contributed by atoms with Crippen molar-refractivity contribution in [3.63, 3.8) is 0 Å². The van der Waals surface area contributed by atoms with E-state index < -0.39 is 35.6 Å². The molecule has 2 aromatic carbocycles. The predicted molar refractivity (Wildman–Crippen MR) is 66.3 cm³/mol. The summed E-state index contributed by atoms with van der Waals surface area (Å²) in [5, 5.41) is 0. The molecule has 6 heteroatoms. The number of benzene rings is 2. The van der Waals surface area contributed by atoms with Gasteiger partial charge in [-0.25, -0.2) is 18.0 Å². The van der Waals surface area contributed by atoms with Crippen LogP contribution in [0.4, 0.5) is 18.9 Å². The Morgan fingerprint density at radius 1 is 1.05 bits per heavy atom. The van der Waals surface area contributed by atoms with Gasteiger partial charge in [0.2, 0.25) is 0 Å². The number of carbonyl (C=O) groups is 1. The summed E-state index contributed by atoms with van der Waals surface area (Å²) in [6.45, 7) is -0.624. The molecule has 0 aromatic heterocycles. The van der Waals surface area contributed by atoms with Crippen molar-refractivity contribution in [2.45, 2.75) is 6.61 Å². The van der Waals surface area contributed by atoms with Crippen LogP contribution >= 0.6 is 0 Å². The molecule has 0 radical (unpaired) electrons. The fourth-order valence-electron chi connectivity index (χ4n) is 1.58. The van der Waals surface area contributed by atoms with Gasteiger partial charge in [-0.3, -0.25) is 0 Å². The third-order valence-electron chi connectivity index (χ3n) is 2.62. The largest absolute Gasteiger partial charge is 0.457 e. The average molecular weight is 281 g/mol. The van der Waals surface area contributed by atoms with E-state index in [-0.39, 0.29) is 11.3 Å². The molecule has 0 spiro atoms. The number of halogens is 3. The van der Waals surface area contributed by atoms with Crippen LogP contribution in [0.25, 0.3) is 0 Å². The Morgan fingerprint density at radius 3 is 2.30 bits per heavy atom. The Labute approximate surface area is 112 Å². The van der Waals surface area contributed by atoms with E-state index in [1.54, 1.807) is 0 Å². The fourth-order valence-corrected chi connectivity index (χ4v) is 1.58. The van der Waals surface area contributed by atoms with Crippen molar-refractivity contribution < 1.29 is 22.7 Å². The number of anilines is 1. The summed E-state index contributed by atoms with van der Waals surface area (Å²) in [5.74, 6) is -3.56.